The molecule has 3 nitrogen and oxygen atoms in total. The lowest BCUT2D eigenvalue weighted by molar-refractivity contribution is 0.406. The molecular weight excluding hydrogens is 244 g/mol. The van der Waals surface area contributed by atoms with Crippen LogP contribution in [-0.4, -0.2) is 30.6 Å². The lowest BCUT2D eigenvalue weighted by atomic mass is 10.1. The summed E-state index contributed by atoms with van der Waals surface area (Å²) in [5.41, 5.74) is 3.31. The fourth-order valence-electron chi connectivity index (χ4n) is 2.03. The first kappa shape index (κ1) is 15.3. The Hall–Kier alpha value is -0.740. The Bertz CT molecular complexity index is 382. The first-order valence-corrected chi connectivity index (χ1v) is 7.68. The number of nitrogens with zero attached hydrogens (tertiary/aromatic N) is 1. The SMILES string of the molecule is COc1c(C)cnc(CNCC(C)CSC)c1C. The second-order valence-electron chi connectivity index (χ2n) is 4.74. The summed E-state index contributed by atoms with van der Waals surface area (Å²) >= 11 is 1.89. The third kappa shape index (κ3) is 4.18. The average molecular weight is 268 g/mol. The molecule has 0 fully saturated rings. The summed E-state index contributed by atoms with van der Waals surface area (Å²) in [6.07, 6.45) is 4.03. The molecule has 1 unspecified atom stereocenters. The van der Waals surface area contributed by atoms with Crippen molar-refractivity contribution < 1.29 is 4.74 Å². The average Bonchev–Trinajstić information content (AvgIpc) is 2.33. The number of hydrogen-bond acceptors (Lipinski definition) is 4. The van der Waals surface area contributed by atoms with Crippen LogP contribution in [0.1, 0.15) is 23.7 Å². The third-order valence-corrected chi connectivity index (χ3v) is 3.89. The van der Waals surface area contributed by atoms with Crippen LogP contribution in [0, 0.1) is 19.8 Å². The maximum atomic E-state index is 5.41. The summed E-state index contributed by atoms with van der Waals surface area (Å²) in [7, 11) is 1.72. The zero-order chi connectivity index (χ0) is 13.5. The second kappa shape index (κ2) is 7.64. The molecule has 0 aliphatic heterocycles. The van der Waals surface area contributed by atoms with Crippen molar-refractivity contribution in [1.29, 1.82) is 0 Å². The molecule has 0 radical (unpaired) electrons. The van der Waals surface area contributed by atoms with Crippen LogP contribution in [0.2, 0.25) is 0 Å². The molecule has 1 aromatic rings. The molecule has 18 heavy (non-hydrogen) atoms. The lowest BCUT2D eigenvalue weighted by Crippen LogP contribution is -2.23. The highest BCUT2D eigenvalue weighted by molar-refractivity contribution is 7.98. The van der Waals surface area contributed by atoms with Crippen molar-refractivity contribution in [3.05, 3.63) is 23.0 Å². The number of rotatable bonds is 7. The normalized spacial score (nSPS) is 12.5. The summed E-state index contributed by atoms with van der Waals surface area (Å²) < 4.78 is 5.41. The lowest BCUT2D eigenvalue weighted by Gasteiger charge is -2.14. The minimum atomic E-state index is 0.688. The number of nitrogens with one attached hydrogen (secondary N) is 1. The van der Waals surface area contributed by atoms with Gasteiger partial charge in [0.25, 0.3) is 0 Å². The van der Waals surface area contributed by atoms with Crippen LogP contribution in [-0.2, 0) is 6.54 Å². The van der Waals surface area contributed by atoms with E-state index in [2.05, 4.69) is 30.4 Å². The molecule has 1 rings (SSSR count). The smallest absolute Gasteiger partial charge is 0.128 e. The van der Waals surface area contributed by atoms with Crippen LogP contribution < -0.4 is 10.1 Å². The maximum Gasteiger partial charge on any atom is 0.128 e. The number of thioether (sulfide) groups is 1. The monoisotopic (exact) mass is 268 g/mol. The van der Waals surface area contributed by atoms with E-state index in [1.807, 2.05) is 24.9 Å². The van der Waals surface area contributed by atoms with E-state index in [-0.39, 0.29) is 0 Å². The van der Waals surface area contributed by atoms with Crippen molar-refractivity contribution in [3.63, 3.8) is 0 Å². The van der Waals surface area contributed by atoms with Gasteiger partial charge in [-0.25, -0.2) is 0 Å². The molecule has 0 saturated carbocycles. The summed E-state index contributed by atoms with van der Waals surface area (Å²) in [5.74, 6) is 2.84. The topological polar surface area (TPSA) is 34.1 Å². The Labute approximate surface area is 115 Å². The van der Waals surface area contributed by atoms with Gasteiger partial charge in [-0.15, -0.1) is 0 Å². The molecule has 1 atom stereocenters. The molecular formula is C14H24N2OS. The number of aryl methyl sites for hydroxylation is 1. The minimum absolute atomic E-state index is 0.688. The Morgan fingerprint density at radius 1 is 1.44 bits per heavy atom. The van der Waals surface area contributed by atoms with E-state index < -0.39 is 0 Å². The largest absolute Gasteiger partial charge is 0.496 e. The van der Waals surface area contributed by atoms with Crippen molar-refractivity contribution in [3.8, 4) is 5.75 Å². The Kier molecular flexibility index (Phi) is 6.50. The fourth-order valence-corrected chi connectivity index (χ4v) is 2.72. The fraction of sp³-hybridized carbons (Fsp3) is 0.643. The van der Waals surface area contributed by atoms with Crippen LogP contribution in [0.3, 0.4) is 0 Å². The molecule has 0 aliphatic carbocycles. The van der Waals surface area contributed by atoms with Crippen LogP contribution in [0.4, 0.5) is 0 Å². The molecule has 0 amide bonds. The first-order chi connectivity index (χ1) is 8.60. The Morgan fingerprint density at radius 2 is 2.17 bits per heavy atom. The van der Waals surface area contributed by atoms with Gasteiger partial charge >= 0.3 is 0 Å². The van der Waals surface area contributed by atoms with Gasteiger partial charge in [-0.2, -0.15) is 11.8 Å². The van der Waals surface area contributed by atoms with E-state index >= 15 is 0 Å². The van der Waals surface area contributed by atoms with Crippen LogP contribution in [0.25, 0.3) is 0 Å². The standard InChI is InChI=1S/C14H24N2OS/c1-10(9-18-5)6-15-8-13-12(3)14(17-4)11(2)7-16-13/h7,10,15H,6,8-9H2,1-5H3. The number of hydrogen-bond donors (Lipinski definition) is 1. The van der Waals surface area contributed by atoms with E-state index in [0.29, 0.717) is 5.92 Å². The molecule has 4 heteroatoms. The number of methoxy groups -OCH3 is 1. The van der Waals surface area contributed by atoms with Crippen molar-refractivity contribution in [2.45, 2.75) is 27.3 Å². The van der Waals surface area contributed by atoms with Gasteiger partial charge in [-0.3, -0.25) is 4.98 Å². The third-order valence-electron chi connectivity index (χ3n) is 2.99. The van der Waals surface area contributed by atoms with E-state index in [9.17, 15) is 0 Å². The summed E-state index contributed by atoms with van der Waals surface area (Å²) in [6, 6.07) is 0. The van der Waals surface area contributed by atoms with Crippen molar-refractivity contribution in [2.75, 3.05) is 25.7 Å². The van der Waals surface area contributed by atoms with Gasteiger partial charge in [0.05, 0.1) is 12.8 Å². The van der Waals surface area contributed by atoms with E-state index in [1.165, 1.54) is 5.75 Å². The van der Waals surface area contributed by atoms with Crippen LogP contribution in [0.5, 0.6) is 5.75 Å². The number of pyridine rings is 1. The molecule has 1 N–H and O–H groups in total. The molecule has 0 aliphatic rings. The highest BCUT2D eigenvalue weighted by Gasteiger charge is 2.09. The highest BCUT2D eigenvalue weighted by atomic mass is 32.2. The van der Waals surface area contributed by atoms with Crippen molar-refractivity contribution in [2.24, 2.45) is 5.92 Å². The molecule has 102 valence electrons. The summed E-state index contributed by atoms with van der Waals surface area (Å²) in [4.78, 5) is 4.48. The molecule has 0 bridgehead atoms. The van der Waals surface area contributed by atoms with E-state index in [1.54, 1.807) is 7.11 Å². The van der Waals surface area contributed by atoms with Crippen molar-refractivity contribution >= 4 is 11.8 Å². The highest BCUT2D eigenvalue weighted by Crippen LogP contribution is 2.23. The van der Waals surface area contributed by atoms with Gasteiger partial charge in [0.2, 0.25) is 0 Å². The van der Waals surface area contributed by atoms with Gasteiger partial charge in [-0.1, -0.05) is 6.92 Å². The second-order valence-corrected chi connectivity index (χ2v) is 5.65. The van der Waals surface area contributed by atoms with Crippen molar-refractivity contribution in [1.82, 2.24) is 10.3 Å². The summed E-state index contributed by atoms with van der Waals surface area (Å²) in [6.45, 7) is 8.19. The van der Waals surface area contributed by atoms with E-state index in [4.69, 9.17) is 4.74 Å². The minimum Gasteiger partial charge on any atom is -0.496 e. The van der Waals surface area contributed by atoms with Gasteiger partial charge in [0.15, 0.2) is 0 Å². The molecule has 0 aromatic carbocycles. The van der Waals surface area contributed by atoms with Crippen LogP contribution in [0.15, 0.2) is 6.20 Å². The predicted octanol–water partition coefficient (Wildman–Crippen LogP) is 2.80. The first-order valence-electron chi connectivity index (χ1n) is 6.28. The zero-order valence-corrected chi connectivity index (χ0v) is 12.9. The van der Waals surface area contributed by atoms with Gasteiger partial charge in [0, 0.05) is 23.9 Å². The van der Waals surface area contributed by atoms with Gasteiger partial charge < -0.3 is 10.1 Å². The molecule has 1 heterocycles. The molecule has 0 spiro atoms. The van der Waals surface area contributed by atoms with E-state index in [0.717, 1.165) is 35.7 Å². The van der Waals surface area contributed by atoms with Gasteiger partial charge in [0.1, 0.15) is 5.75 Å². The predicted molar refractivity (Wildman–Crippen MR) is 79.5 cm³/mol. The molecule has 0 saturated heterocycles. The zero-order valence-electron chi connectivity index (χ0n) is 12.0. The van der Waals surface area contributed by atoms with Crippen LogP contribution >= 0.6 is 11.8 Å². The maximum absolute atomic E-state index is 5.41. The van der Waals surface area contributed by atoms with Gasteiger partial charge in [-0.05, 0) is 38.3 Å². The number of aromatic nitrogens is 1. The summed E-state index contributed by atoms with van der Waals surface area (Å²) in [5, 5.41) is 3.47. The quantitative estimate of drug-likeness (QED) is 0.824. The molecule has 1 aromatic heterocycles. The Morgan fingerprint density at radius 3 is 2.78 bits per heavy atom. The number of ether oxygens (including phenoxy) is 1. The Balaban J connectivity index is 2.58.